The van der Waals surface area contributed by atoms with Crippen LogP contribution in [0.1, 0.15) is 5.82 Å². The molecule has 7 heteroatoms. The van der Waals surface area contributed by atoms with Crippen LogP contribution in [-0.2, 0) is 7.05 Å². The number of anilines is 1. The minimum atomic E-state index is -2.29. The second kappa shape index (κ2) is 7.31. The number of alkyl halides is 2. The molecule has 0 aliphatic carbocycles. The first-order chi connectivity index (χ1) is 13.4. The number of aromatic nitrogens is 3. The Morgan fingerprint density at radius 1 is 1.21 bits per heavy atom. The number of imidazole rings is 1. The van der Waals surface area contributed by atoms with Gasteiger partial charge in [0.2, 0.25) is 0 Å². The van der Waals surface area contributed by atoms with Crippen LogP contribution in [0.25, 0.3) is 22.0 Å². The number of nitrogens with one attached hydrogen (secondary N) is 1. The first-order valence-corrected chi connectivity index (χ1v) is 9.25. The Hall–Kier alpha value is -2.80. The van der Waals surface area contributed by atoms with Crippen molar-refractivity contribution < 1.29 is 8.78 Å². The van der Waals surface area contributed by atoms with Crippen molar-refractivity contribution in [2.24, 2.45) is 13.0 Å². The van der Waals surface area contributed by atoms with E-state index in [0.717, 1.165) is 33.6 Å². The molecule has 5 nitrogen and oxygen atoms in total. The number of rotatable bonds is 6. The smallest absolute Gasteiger partial charge is 0.251 e. The highest BCUT2D eigenvalue weighted by molar-refractivity contribution is 5.88. The summed E-state index contributed by atoms with van der Waals surface area (Å²) in [5.41, 5.74) is 2.97. The normalized spacial score (nSPS) is 15.2. The third-order valence-electron chi connectivity index (χ3n) is 5.37. The number of halogens is 2. The lowest BCUT2D eigenvalue weighted by atomic mass is 9.97. The zero-order chi connectivity index (χ0) is 19.8. The van der Waals surface area contributed by atoms with Gasteiger partial charge >= 0.3 is 0 Å². The second-order valence-corrected chi connectivity index (χ2v) is 7.34. The van der Waals surface area contributed by atoms with Crippen molar-refractivity contribution in [2.75, 3.05) is 25.0 Å². The summed E-state index contributed by atoms with van der Waals surface area (Å²) in [7, 11) is 2.00. The van der Waals surface area contributed by atoms with Crippen molar-refractivity contribution in [1.29, 1.82) is 0 Å². The van der Waals surface area contributed by atoms with E-state index in [2.05, 4.69) is 38.6 Å². The van der Waals surface area contributed by atoms with Crippen molar-refractivity contribution in [2.45, 2.75) is 13.3 Å². The first-order valence-electron chi connectivity index (χ1n) is 9.25. The Balaban J connectivity index is 1.49. The molecule has 1 aliphatic rings. The topological polar surface area (TPSA) is 46.0 Å². The van der Waals surface area contributed by atoms with Crippen molar-refractivity contribution in [1.82, 2.24) is 19.4 Å². The predicted molar refractivity (Wildman–Crippen MR) is 107 cm³/mol. The van der Waals surface area contributed by atoms with Crippen LogP contribution in [0.3, 0.4) is 0 Å². The van der Waals surface area contributed by atoms with Crippen molar-refractivity contribution in [3.05, 3.63) is 54.8 Å². The number of nitrogens with zero attached hydrogens (tertiary/aromatic N) is 4. The van der Waals surface area contributed by atoms with Gasteiger partial charge in [-0.3, -0.25) is 4.90 Å². The minimum absolute atomic E-state index is 0.167. The molecule has 28 heavy (non-hydrogen) atoms. The highest BCUT2D eigenvalue weighted by atomic mass is 19.3. The second-order valence-electron chi connectivity index (χ2n) is 7.34. The molecule has 0 saturated carbocycles. The molecule has 2 aromatic heterocycles. The number of aryl methyl sites for hydroxylation is 1. The van der Waals surface area contributed by atoms with Crippen LogP contribution in [0.5, 0.6) is 0 Å². The standard InChI is InChI=1S/C21H23F2N5/c1-13(18-10-28(11-18)12-20(22)23)26-21-7-17-6-15(4-5-16(17)8-25-21)19-9-24-14(2)27(19)3/h4-9,18,20H,1,10-12H2,2-3H3,(H,25,26). The summed E-state index contributed by atoms with van der Waals surface area (Å²) in [5.74, 6) is 1.84. The fourth-order valence-corrected chi connectivity index (χ4v) is 3.54. The van der Waals surface area contributed by atoms with E-state index in [9.17, 15) is 8.78 Å². The Kier molecular flexibility index (Phi) is 4.85. The highest BCUT2D eigenvalue weighted by Crippen LogP contribution is 2.28. The van der Waals surface area contributed by atoms with Crippen LogP contribution < -0.4 is 5.32 Å². The van der Waals surface area contributed by atoms with Crippen molar-refractivity contribution in [3.63, 3.8) is 0 Å². The summed E-state index contributed by atoms with van der Waals surface area (Å²) >= 11 is 0. The summed E-state index contributed by atoms with van der Waals surface area (Å²) in [6, 6.07) is 8.23. The molecule has 4 rings (SSSR count). The van der Waals surface area contributed by atoms with Crippen LogP contribution in [-0.4, -0.2) is 45.5 Å². The van der Waals surface area contributed by atoms with Crippen LogP contribution in [0.4, 0.5) is 14.6 Å². The van der Waals surface area contributed by atoms with E-state index in [1.54, 1.807) is 4.90 Å². The largest absolute Gasteiger partial charge is 0.344 e. The zero-order valence-corrected chi connectivity index (χ0v) is 16.0. The van der Waals surface area contributed by atoms with Gasteiger partial charge in [0.15, 0.2) is 0 Å². The SMILES string of the molecule is C=C(Nc1cc2cc(-c3cnc(C)n3C)ccc2cn1)C1CN(CC(F)F)C1. The molecular weight excluding hydrogens is 360 g/mol. The molecular formula is C21H23F2N5. The molecule has 1 aromatic carbocycles. The third kappa shape index (κ3) is 3.62. The van der Waals surface area contributed by atoms with E-state index >= 15 is 0 Å². The quantitative estimate of drug-likeness (QED) is 0.697. The molecule has 0 amide bonds. The summed E-state index contributed by atoms with van der Waals surface area (Å²) in [4.78, 5) is 10.6. The predicted octanol–water partition coefficient (Wildman–Crippen LogP) is 4.07. The van der Waals surface area contributed by atoms with Gasteiger partial charge in [0.25, 0.3) is 6.43 Å². The maximum absolute atomic E-state index is 12.4. The molecule has 146 valence electrons. The van der Waals surface area contributed by atoms with Gasteiger partial charge in [-0.1, -0.05) is 18.7 Å². The number of pyridine rings is 1. The van der Waals surface area contributed by atoms with E-state index in [-0.39, 0.29) is 12.5 Å². The summed E-state index contributed by atoms with van der Waals surface area (Å²) < 4.78 is 26.9. The Labute approximate surface area is 162 Å². The van der Waals surface area contributed by atoms with Gasteiger partial charge < -0.3 is 9.88 Å². The lowest BCUT2D eigenvalue weighted by molar-refractivity contribution is 0.0362. The lowest BCUT2D eigenvalue weighted by Crippen LogP contribution is -2.50. The Morgan fingerprint density at radius 3 is 2.68 bits per heavy atom. The molecule has 0 radical (unpaired) electrons. The molecule has 0 bridgehead atoms. The molecule has 1 fully saturated rings. The van der Waals surface area contributed by atoms with Crippen LogP contribution >= 0.6 is 0 Å². The average molecular weight is 383 g/mol. The zero-order valence-electron chi connectivity index (χ0n) is 16.0. The van der Waals surface area contributed by atoms with E-state index in [0.29, 0.717) is 18.9 Å². The third-order valence-corrected chi connectivity index (χ3v) is 5.37. The number of benzene rings is 1. The monoisotopic (exact) mass is 383 g/mol. The van der Waals surface area contributed by atoms with Gasteiger partial charge in [0, 0.05) is 48.9 Å². The number of hydrogen-bond donors (Lipinski definition) is 1. The van der Waals surface area contributed by atoms with Gasteiger partial charge in [0.05, 0.1) is 18.4 Å². The van der Waals surface area contributed by atoms with Crippen LogP contribution in [0, 0.1) is 12.8 Å². The molecule has 0 atom stereocenters. The van der Waals surface area contributed by atoms with E-state index in [1.807, 2.05) is 38.5 Å². The van der Waals surface area contributed by atoms with Crippen molar-refractivity contribution in [3.8, 4) is 11.3 Å². The van der Waals surface area contributed by atoms with Gasteiger partial charge in [-0.05, 0) is 24.4 Å². The van der Waals surface area contributed by atoms with Crippen LogP contribution in [0.15, 0.2) is 48.9 Å². The molecule has 3 heterocycles. The minimum Gasteiger partial charge on any atom is -0.344 e. The molecule has 1 N–H and O–H groups in total. The maximum Gasteiger partial charge on any atom is 0.251 e. The summed E-state index contributed by atoms with van der Waals surface area (Å²) in [6.07, 6.45) is 1.41. The fourth-order valence-electron chi connectivity index (χ4n) is 3.54. The van der Waals surface area contributed by atoms with Gasteiger partial charge in [0.1, 0.15) is 11.6 Å². The summed E-state index contributed by atoms with van der Waals surface area (Å²) in [5, 5.41) is 5.36. The van der Waals surface area contributed by atoms with Gasteiger partial charge in [-0.25, -0.2) is 18.7 Å². The lowest BCUT2D eigenvalue weighted by Gasteiger charge is -2.40. The van der Waals surface area contributed by atoms with E-state index in [4.69, 9.17) is 0 Å². The maximum atomic E-state index is 12.4. The van der Waals surface area contributed by atoms with Gasteiger partial charge in [-0.2, -0.15) is 0 Å². The van der Waals surface area contributed by atoms with Crippen LogP contribution in [0.2, 0.25) is 0 Å². The molecule has 0 spiro atoms. The number of likely N-dealkylation sites (tertiary alicyclic amines) is 1. The Bertz CT molecular complexity index is 1020. The highest BCUT2D eigenvalue weighted by Gasteiger charge is 2.30. The first kappa shape index (κ1) is 18.6. The number of hydrogen-bond acceptors (Lipinski definition) is 4. The molecule has 3 aromatic rings. The fraction of sp³-hybridized carbons (Fsp3) is 0.333. The molecule has 0 unspecified atom stereocenters. The number of fused-ring (bicyclic) bond motifs is 1. The molecule has 1 saturated heterocycles. The van der Waals surface area contributed by atoms with E-state index in [1.165, 1.54) is 0 Å². The summed E-state index contributed by atoms with van der Waals surface area (Å²) in [6.45, 7) is 7.08. The van der Waals surface area contributed by atoms with Gasteiger partial charge in [-0.15, -0.1) is 0 Å². The van der Waals surface area contributed by atoms with E-state index < -0.39 is 6.43 Å². The van der Waals surface area contributed by atoms with Crippen molar-refractivity contribution >= 4 is 16.6 Å². The Morgan fingerprint density at radius 2 is 2.00 bits per heavy atom. The average Bonchev–Trinajstić information content (AvgIpc) is 2.96. The molecule has 1 aliphatic heterocycles.